The number of anilines is 1. The molecule has 6 atom stereocenters. The monoisotopic (exact) mass is 1150 g/mol. The second-order valence-corrected chi connectivity index (χ2v) is 22.4. The van der Waals surface area contributed by atoms with E-state index in [4.69, 9.17) is 28.4 Å². The number of aromatic nitrogens is 3. The number of ether oxygens (including phenoxy) is 6. The molecule has 448 valence electrons. The van der Waals surface area contributed by atoms with E-state index in [9.17, 15) is 28.4 Å². The number of amides is 5. The molecule has 0 radical (unpaired) electrons. The highest BCUT2D eigenvalue weighted by molar-refractivity contribution is 6.00. The molecule has 4 heterocycles. The third-order valence-corrected chi connectivity index (χ3v) is 15.1. The fourth-order valence-corrected chi connectivity index (χ4v) is 10.4. The number of halogens is 1. The van der Waals surface area contributed by atoms with Gasteiger partial charge in [-0.2, -0.15) is 5.10 Å². The molecule has 3 aromatic carbocycles. The van der Waals surface area contributed by atoms with Gasteiger partial charge in [0.25, 0.3) is 5.91 Å². The topological polar surface area (TPSA) is 238 Å². The van der Waals surface area contributed by atoms with Gasteiger partial charge in [0.1, 0.15) is 53.5 Å². The first-order chi connectivity index (χ1) is 40.0. The van der Waals surface area contributed by atoms with Gasteiger partial charge in [0.15, 0.2) is 5.65 Å². The Morgan fingerprint density at radius 1 is 0.867 bits per heavy atom. The third kappa shape index (κ3) is 16.7. The zero-order valence-electron chi connectivity index (χ0n) is 48.8. The average molecular weight is 1150 g/mol. The zero-order valence-corrected chi connectivity index (χ0v) is 48.8. The number of fused-ring (bicyclic) bond motifs is 4. The standard InChI is InChI=1S/C61H81FN10O11/c1-39-37-70(59(76)49-36-65-72-22-19-53(68-56(49)72)66-40(2)48-35-45(62)16-18-52(48)83-39)23-21-64-54(73)20-24-78-25-26-79-27-28-80-29-30-81-31-32-82-46-17-15-43-34-51(58(75)67-50-14-10-12-42-11-8-9-13-47(42)50)71(38-44(43)33-46)60(77)55(61(4,5)6)69-57(74)41(3)63-7/h8-9,11,13,15-19,22,33,35-36,39-41,50-51,55,63H,10,12,14,20-21,23-32,34,37-38H2,1-7H3,(H,64,73)(H,66,68)(H,67,75)(H,69,74)/t39-,40-,41+,50-,51+,55-/m0/s1. The summed E-state index contributed by atoms with van der Waals surface area (Å²) < 4.78 is 50.9. The first-order valence-corrected chi connectivity index (χ1v) is 28.8. The fourth-order valence-electron chi connectivity index (χ4n) is 10.4. The number of aryl methyl sites for hydroxylation is 1. The van der Waals surface area contributed by atoms with E-state index < -0.39 is 35.5 Å². The largest absolute Gasteiger partial charge is 0.491 e. The van der Waals surface area contributed by atoms with Crippen LogP contribution >= 0.6 is 0 Å². The average Bonchev–Trinajstić information content (AvgIpc) is 4.14. The van der Waals surface area contributed by atoms with Gasteiger partial charge < -0.3 is 64.8 Å². The Balaban J connectivity index is 0.708. The summed E-state index contributed by atoms with van der Waals surface area (Å²) in [6.45, 7) is 14.7. The lowest BCUT2D eigenvalue weighted by atomic mass is 9.83. The van der Waals surface area contributed by atoms with E-state index in [0.717, 1.165) is 36.0 Å². The second-order valence-electron chi connectivity index (χ2n) is 22.4. The predicted octanol–water partition coefficient (Wildman–Crippen LogP) is 5.50. The number of likely N-dealkylation sites (N-methyl/N-ethyl adjacent to an activating group) is 1. The van der Waals surface area contributed by atoms with E-state index in [1.165, 1.54) is 28.4 Å². The van der Waals surface area contributed by atoms with Crippen LogP contribution in [0.5, 0.6) is 11.5 Å². The van der Waals surface area contributed by atoms with Crippen LogP contribution in [0.3, 0.4) is 0 Å². The fraction of sp³-hybridized carbons (Fsp3) is 0.525. The Labute approximate surface area is 485 Å². The van der Waals surface area contributed by atoms with Crippen molar-refractivity contribution in [1.29, 1.82) is 0 Å². The van der Waals surface area contributed by atoms with Crippen LogP contribution in [0.25, 0.3) is 5.65 Å². The van der Waals surface area contributed by atoms with E-state index in [0.29, 0.717) is 86.8 Å². The summed E-state index contributed by atoms with van der Waals surface area (Å²) in [7, 11) is 1.69. The molecule has 0 saturated heterocycles. The van der Waals surface area contributed by atoms with Crippen LogP contribution < -0.4 is 36.1 Å². The van der Waals surface area contributed by atoms with Crippen molar-refractivity contribution in [2.75, 3.05) is 91.5 Å². The number of benzene rings is 3. The summed E-state index contributed by atoms with van der Waals surface area (Å²) in [5.41, 5.74) is 4.75. The van der Waals surface area contributed by atoms with Crippen LogP contribution in [0.1, 0.15) is 111 Å². The summed E-state index contributed by atoms with van der Waals surface area (Å²) in [6, 6.07) is 17.3. The molecule has 1 aliphatic carbocycles. The Morgan fingerprint density at radius 3 is 2.33 bits per heavy atom. The van der Waals surface area contributed by atoms with Crippen molar-refractivity contribution in [3.63, 3.8) is 0 Å². The van der Waals surface area contributed by atoms with Crippen molar-refractivity contribution in [2.45, 2.75) is 117 Å². The summed E-state index contributed by atoms with van der Waals surface area (Å²) >= 11 is 0. The van der Waals surface area contributed by atoms with E-state index in [2.05, 4.69) is 48.8 Å². The Bertz CT molecular complexity index is 3030. The molecule has 0 saturated carbocycles. The van der Waals surface area contributed by atoms with Crippen LogP contribution in [0.2, 0.25) is 0 Å². The summed E-state index contributed by atoms with van der Waals surface area (Å²) in [5, 5.41) is 19.7. The number of nitrogens with zero attached hydrogens (tertiary/aromatic N) is 5. The molecule has 22 heteroatoms. The normalized spacial score (nSPS) is 18.7. The summed E-state index contributed by atoms with van der Waals surface area (Å²) in [4.78, 5) is 76.8. The number of carbonyl (C=O) groups excluding carboxylic acids is 5. The van der Waals surface area contributed by atoms with Crippen LogP contribution in [-0.2, 0) is 57.5 Å². The summed E-state index contributed by atoms with van der Waals surface area (Å²) in [6.07, 6.45) is 5.83. The molecule has 83 heavy (non-hydrogen) atoms. The van der Waals surface area contributed by atoms with Gasteiger partial charge in [0, 0.05) is 44.2 Å². The van der Waals surface area contributed by atoms with E-state index in [-0.39, 0.29) is 87.4 Å². The lowest BCUT2D eigenvalue weighted by Crippen LogP contribution is -2.62. The highest BCUT2D eigenvalue weighted by Gasteiger charge is 2.43. The Kier molecular flexibility index (Phi) is 21.8. The van der Waals surface area contributed by atoms with Gasteiger partial charge in [0.2, 0.25) is 23.6 Å². The van der Waals surface area contributed by atoms with E-state index >= 15 is 0 Å². The molecule has 8 rings (SSSR count). The number of nitrogens with one attached hydrogen (secondary N) is 5. The number of carbonyl (C=O) groups is 5. The quantitative estimate of drug-likeness (QED) is 0.0454. The maximum atomic E-state index is 14.7. The molecule has 2 aromatic heterocycles. The number of hydrogen-bond acceptors (Lipinski definition) is 15. The minimum atomic E-state index is -0.891. The summed E-state index contributed by atoms with van der Waals surface area (Å²) in [5.74, 6) is -0.241. The minimum absolute atomic E-state index is 0.117. The predicted molar refractivity (Wildman–Crippen MR) is 308 cm³/mol. The van der Waals surface area contributed by atoms with Crippen molar-refractivity contribution in [2.24, 2.45) is 5.41 Å². The van der Waals surface area contributed by atoms with Crippen LogP contribution in [0.4, 0.5) is 10.2 Å². The lowest BCUT2D eigenvalue weighted by Gasteiger charge is -2.41. The van der Waals surface area contributed by atoms with Crippen molar-refractivity contribution in [3.8, 4) is 11.5 Å². The zero-order chi connectivity index (χ0) is 59.0. The lowest BCUT2D eigenvalue weighted by molar-refractivity contribution is -0.147. The maximum absolute atomic E-state index is 14.7. The highest BCUT2D eigenvalue weighted by Crippen LogP contribution is 2.34. The molecule has 0 unspecified atom stereocenters. The number of rotatable bonds is 25. The first-order valence-electron chi connectivity index (χ1n) is 28.8. The smallest absolute Gasteiger partial charge is 0.259 e. The molecule has 2 aliphatic heterocycles. The highest BCUT2D eigenvalue weighted by atomic mass is 19.1. The molecular formula is C61H81FN10O11. The number of hydrogen-bond donors (Lipinski definition) is 5. The van der Waals surface area contributed by atoms with Gasteiger partial charge in [-0.1, -0.05) is 51.1 Å². The Hall–Kier alpha value is -7.24. The molecule has 0 fully saturated rings. The SMILES string of the molecule is CN[C@H](C)C(=O)N[C@@H](C(=O)N1Cc2cc(OCCOCCOCCOCCOCCC(=O)NCCN3C[C@H](C)Oc4ccc(F)cc4[C@H](C)Nc4ccn5ncc(c5n4)C3=O)ccc2C[C@@H]1C(=O)N[C@H]1CCCc2ccccc21)C(C)(C)C. The molecule has 5 amide bonds. The molecule has 2 bridgehead atoms. The van der Waals surface area contributed by atoms with Crippen molar-refractivity contribution >= 4 is 41.0 Å². The van der Waals surface area contributed by atoms with Gasteiger partial charge in [0.05, 0.1) is 83.7 Å². The van der Waals surface area contributed by atoms with Gasteiger partial charge in [-0.05, 0) is 111 Å². The minimum Gasteiger partial charge on any atom is -0.491 e. The van der Waals surface area contributed by atoms with Crippen molar-refractivity contribution in [1.82, 2.24) is 45.7 Å². The molecule has 3 aliphatic rings. The molecule has 0 spiro atoms. The van der Waals surface area contributed by atoms with Gasteiger partial charge >= 0.3 is 0 Å². The Morgan fingerprint density at radius 2 is 1.59 bits per heavy atom. The maximum Gasteiger partial charge on any atom is 0.259 e. The molecule has 5 N–H and O–H groups in total. The second kappa shape index (κ2) is 29.3. The van der Waals surface area contributed by atoms with E-state index in [1.54, 1.807) is 42.1 Å². The molecular weight excluding hydrogens is 1070 g/mol. The van der Waals surface area contributed by atoms with Gasteiger partial charge in [-0.25, -0.2) is 13.9 Å². The first kappa shape index (κ1) is 61.8. The van der Waals surface area contributed by atoms with Gasteiger partial charge in [-0.15, -0.1) is 0 Å². The third-order valence-electron chi connectivity index (χ3n) is 15.1. The van der Waals surface area contributed by atoms with Crippen LogP contribution in [0, 0.1) is 11.2 Å². The molecule has 5 aromatic rings. The van der Waals surface area contributed by atoms with E-state index in [1.807, 2.05) is 65.0 Å². The molecule has 21 nitrogen and oxygen atoms in total. The van der Waals surface area contributed by atoms with Crippen LogP contribution in [-0.4, -0.2) is 164 Å². The van der Waals surface area contributed by atoms with Crippen molar-refractivity contribution in [3.05, 3.63) is 118 Å². The van der Waals surface area contributed by atoms with Crippen molar-refractivity contribution < 1.29 is 56.8 Å². The van der Waals surface area contributed by atoms with Gasteiger partial charge in [-0.3, -0.25) is 24.0 Å². The van der Waals surface area contributed by atoms with Crippen LogP contribution in [0.15, 0.2) is 79.1 Å².